The number of carbonyl (C=O) groups is 2. The van der Waals surface area contributed by atoms with Crippen LogP contribution in [0.4, 0.5) is 4.79 Å². The Balaban J connectivity index is 1.80. The number of urea groups is 1. The summed E-state index contributed by atoms with van der Waals surface area (Å²) in [5, 5.41) is 15.7. The maximum absolute atomic E-state index is 12.4. The number of carboxylic acids is 1. The summed E-state index contributed by atoms with van der Waals surface area (Å²) in [4.78, 5) is 24.8. The van der Waals surface area contributed by atoms with Crippen molar-refractivity contribution in [2.75, 3.05) is 0 Å². The molecule has 1 aromatic heterocycles. The van der Waals surface area contributed by atoms with Crippen LogP contribution in [0, 0.1) is 0 Å². The summed E-state index contributed by atoms with van der Waals surface area (Å²) in [6, 6.07) is 2.37. The fraction of sp³-hybridized carbons (Fsp3) is 0.600. The third-order valence-corrected chi connectivity index (χ3v) is 4.31. The number of hydrogen-bond acceptors (Lipinski definition) is 3. The summed E-state index contributed by atoms with van der Waals surface area (Å²) in [6.07, 6.45) is 3.58. The summed E-state index contributed by atoms with van der Waals surface area (Å²) in [6.45, 7) is 2.58. The van der Waals surface area contributed by atoms with Gasteiger partial charge in [0.15, 0.2) is 0 Å². The van der Waals surface area contributed by atoms with E-state index in [0.717, 1.165) is 12.8 Å². The zero-order valence-corrected chi connectivity index (χ0v) is 13.1. The van der Waals surface area contributed by atoms with Crippen LogP contribution in [0.25, 0.3) is 0 Å². The highest BCUT2D eigenvalue weighted by molar-refractivity contribution is 7.07. The average molecular weight is 310 g/mol. The van der Waals surface area contributed by atoms with Crippen molar-refractivity contribution in [2.24, 2.45) is 0 Å². The molecule has 1 atom stereocenters. The minimum Gasteiger partial charge on any atom is -0.481 e. The van der Waals surface area contributed by atoms with Crippen LogP contribution >= 0.6 is 11.3 Å². The van der Waals surface area contributed by atoms with Crippen molar-refractivity contribution < 1.29 is 14.7 Å². The molecule has 5 nitrogen and oxygen atoms in total. The van der Waals surface area contributed by atoms with Crippen LogP contribution in [0.5, 0.6) is 0 Å². The van der Waals surface area contributed by atoms with Crippen LogP contribution in [-0.4, -0.2) is 34.1 Å². The normalized spacial score (nSPS) is 15.5. The Morgan fingerprint density at radius 2 is 2.29 bits per heavy atom. The zero-order valence-electron chi connectivity index (χ0n) is 12.2. The molecule has 2 rings (SSSR count). The standard InChI is InChI=1S/C15H22N2O3S/c1-11(3-2-4-14(18)19)16-15(20)17(13-5-6-13)9-12-7-8-21-10-12/h7-8,10-11,13H,2-6,9H2,1H3,(H,16,20)(H,18,19). The molecule has 0 spiro atoms. The van der Waals surface area contributed by atoms with E-state index in [9.17, 15) is 9.59 Å². The van der Waals surface area contributed by atoms with Gasteiger partial charge in [-0.2, -0.15) is 11.3 Å². The topological polar surface area (TPSA) is 69.6 Å². The first-order chi connectivity index (χ1) is 10.1. The lowest BCUT2D eigenvalue weighted by atomic mass is 10.1. The van der Waals surface area contributed by atoms with Gasteiger partial charge in [-0.15, -0.1) is 0 Å². The van der Waals surface area contributed by atoms with Gasteiger partial charge in [0.1, 0.15) is 0 Å². The summed E-state index contributed by atoms with van der Waals surface area (Å²) in [7, 11) is 0. The minimum atomic E-state index is -0.786. The number of amides is 2. The van der Waals surface area contributed by atoms with Gasteiger partial charge in [0.2, 0.25) is 0 Å². The first kappa shape index (κ1) is 15.8. The summed E-state index contributed by atoms with van der Waals surface area (Å²) < 4.78 is 0. The number of aliphatic carboxylic acids is 1. The molecule has 21 heavy (non-hydrogen) atoms. The van der Waals surface area contributed by atoms with E-state index in [1.807, 2.05) is 23.3 Å². The van der Waals surface area contributed by atoms with Crippen LogP contribution in [0.15, 0.2) is 16.8 Å². The molecule has 116 valence electrons. The van der Waals surface area contributed by atoms with E-state index in [1.165, 1.54) is 5.56 Å². The molecule has 0 saturated heterocycles. The maximum atomic E-state index is 12.4. The van der Waals surface area contributed by atoms with E-state index in [2.05, 4.69) is 10.7 Å². The Kier molecular flexibility index (Phi) is 5.61. The molecular weight excluding hydrogens is 288 g/mol. The summed E-state index contributed by atoms with van der Waals surface area (Å²) in [5.74, 6) is -0.786. The molecule has 1 aliphatic carbocycles. The Hall–Kier alpha value is -1.56. The average Bonchev–Trinajstić information content (AvgIpc) is 3.12. The van der Waals surface area contributed by atoms with Crippen LogP contribution < -0.4 is 5.32 Å². The lowest BCUT2D eigenvalue weighted by Crippen LogP contribution is -2.44. The molecular formula is C15H22N2O3S. The van der Waals surface area contributed by atoms with Crippen LogP contribution in [-0.2, 0) is 11.3 Å². The van der Waals surface area contributed by atoms with Crippen molar-refractivity contribution in [3.05, 3.63) is 22.4 Å². The largest absolute Gasteiger partial charge is 0.481 e. The van der Waals surface area contributed by atoms with Crippen molar-refractivity contribution in [1.82, 2.24) is 10.2 Å². The van der Waals surface area contributed by atoms with Crippen LogP contribution in [0.2, 0.25) is 0 Å². The SMILES string of the molecule is CC(CCCC(=O)O)NC(=O)N(Cc1ccsc1)C1CC1. The Morgan fingerprint density at radius 1 is 1.52 bits per heavy atom. The lowest BCUT2D eigenvalue weighted by Gasteiger charge is -2.25. The molecule has 6 heteroatoms. The molecule has 1 heterocycles. The highest BCUT2D eigenvalue weighted by Gasteiger charge is 2.33. The van der Waals surface area contributed by atoms with Crippen molar-refractivity contribution in [3.8, 4) is 0 Å². The van der Waals surface area contributed by atoms with Crippen molar-refractivity contribution in [3.63, 3.8) is 0 Å². The number of rotatable bonds is 8. The second-order valence-corrected chi connectivity index (χ2v) is 6.41. The molecule has 1 aromatic rings. The van der Waals surface area contributed by atoms with Gasteiger partial charge in [-0.05, 0) is 55.0 Å². The van der Waals surface area contributed by atoms with E-state index >= 15 is 0 Å². The third kappa shape index (κ3) is 5.38. The third-order valence-electron chi connectivity index (χ3n) is 3.58. The first-order valence-electron chi connectivity index (χ1n) is 7.36. The highest BCUT2D eigenvalue weighted by Crippen LogP contribution is 2.28. The predicted octanol–water partition coefficient (Wildman–Crippen LogP) is 3.07. The molecule has 0 bridgehead atoms. The molecule has 0 aliphatic heterocycles. The molecule has 2 N–H and O–H groups in total. The van der Waals surface area contributed by atoms with Gasteiger partial charge in [0.25, 0.3) is 0 Å². The molecule has 0 aromatic carbocycles. The Labute approximate surface area is 129 Å². The van der Waals surface area contributed by atoms with E-state index in [4.69, 9.17) is 5.11 Å². The second kappa shape index (κ2) is 7.45. The fourth-order valence-corrected chi connectivity index (χ4v) is 2.92. The van der Waals surface area contributed by atoms with Crippen molar-refractivity contribution >= 4 is 23.3 Å². The molecule has 1 unspecified atom stereocenters. The zero-order chi connectivity index (χ0) is 15.2. The van der Waals surface area contributed by atoms with E-state index in [1.54, 1.807) is 11.3 Å². The molecule has 1 saturated carbocycles. The van der Waals surface area contributed by atoms with Crippen LogP contribution in [0.3, 0.4) is 0 Å². The van der Waals surface area contributed by atoms with Crippen molar-refractivity contribution in [2.45, 2.75) is 57.7 Å². The Bertz CT molecular complexity index is 471. The second-order valence-electron chi connectivity index (χ2n) is 5.63. The minimum absolute atomic E-state index is 0.000532. The van der Waals surface area contributed by atoms with Gasteiger partial charge in [0.05, 0.1) is 0 Å². The predicted molar refractivity (Wildman–Crippen MR) is 82.4 cm³/mol. The number of nitrogens with one attached hydrogen (secondary N) is 1. The fourth-order valence-electron chi connectivity index (χ4n) is 2.26. The number of nitrogens with zero attached hydrogens (tertiary/aromatic N) is 1. The van der Waals surface area contributed by atoms with Gasteiger partial charge in [-0.1, -0.05) is 0 Å². The van der Waals surface area contributed by atoms with E-state index in [-0.39, 0.29) is 18.5 Å². The number of thiophene rings is 1. The summed E-state index contributed by atoms with van der Waals surface area (Å²) in [5.41, 5.74) is 1.17. The Morgan fingerprint density at radius 3 is 2.86 bits per heavy atom. The van der Waals surface area contributed by atoms with Gasteiger partial charge >= 0.3 is 12.0 Å². The van der Waals surface area contributed by atoms with Gasteiger partial charge in [-0.25, -0.2) is 4.79 Å². The van der Waals surface area contributed by atoms with Crippen LogP contribution in [0.1, 0.15) is 44.6 Å². The maximum Gasteiger partial charge on any atom is 0.318 e. The van der Waals surface area contributed by atoms with Crippen molar-refractivity contribution in [1.29, 1.82) is 0 Å². The van der Waals surface area contributed by atoms with Gasteiger partial charge < -0.3 is 15.3 Å². The molecule has 1 fully saturated rings. The molecule has 2 amide bonds. The first-order valence-corrected chi connectivity index (χ1v) is 8.30. The smallest absolute Gasteiger partial charge is 0.318 e. The monoisotopic (exact) mass is 310 g/mol. The van der Waals surface area contributed by atoms with E-state index < -0.39 is 5.97 Å². The molecule has 0 radical (unpaired) electrons. The lowest BCUT2D eigenvalue weighted by molar-refractivity contribution is -0.137. The molecule has 1 aliphatic rings. The highest BCUT2D eigenvalue weighted by atomic mass is 32.1. The quantitative estimate of drug-likeness (QED) is 0.775. The van der Waals surface area contributed by atoms with Gasteiger partial charge in [-0.3, -0.25) is 4.79 Å². The summed E-state index contributed by atoms with van der Waals surface area (Å²) >= 11 is 1.64. The van der Waals surface area contributed by atoms with Gasteiger partial charge in [0, 0.05) is 25.0 Å². The number of hydrogen-bond donors (Lipinski definition) is 2. The van der Waals surface area contributed by atoms with E-state index in [0.29, 0.717) is 25.4 Å². The number of carbonyl (C=O) groups excluding carboxylic acids is 1. The number of carboxylic acid groups (broad SMARTS) is 1.